The van der Waals surface area contributed by atoms with Crippen molar-refractivity contribution in [3.8, 4) is 5.75 Å². The van der Waals surface area contributed by atoms with Gasteiger partial charge in [0.25, 0.3) is 0 Å². The molecule has 2 aromatic rings. The number of halogens is 5. The number of alkyl halides is 1. The number of hydrogen-bond donors (Lipinski definition) is 0. The van der Waals surface area contributed by atoms with Crippen LogP contribution in [0.25, 0.3) is 0 Å². The molecule has 0 bridgehead atoms. The first kappa shape index (κ1) is 15.0. The zero-order valence-electron chi connectivity index (χ0n) is 10.1. The molecule has 0 amide bonds. The fraction of sp³-hybridized carbons (Fsp3) is 0.143. The topological polar surface area (TPSA) is 9.23 Å². The SMILES string of the molecule is Fc1ccc(Cl)c(COc2c(F)cc(CCl)cc2F)c1. The quantitative estimate of drug-likeness (QED) is 0.714. The molecular weight excluding hydrogens is 312 g/mol. The second-order valence-electron chi connectivity index (χ2n) is 4.05. The van der Waals surface area contributed by atoms with Crippen LogP contribution >= 0.6 is 23.2 Å². The van der Waals surface area contributed by atoms with E-state index in [2.05, 4.69) is 0 Å². The van der Waals surface area contributed by atoms with Crippen LogP contribution in [0.3, 0.4) is 0 Å². The summed E-state index contributed by atoms with van der Waals surface area (Å²) in [7, 11) is 0. The fourth-order valence-electron chi connectivity index (χ4n) is 1.63. The van der Waals surface area contributed by atoms with Crippen LogP contribution in [0.2, 0.25) is 5.02 Å². The van der Waals surface area contributed by atoms with Crippen molar-refractivity contribution in [1.29, 1.82) is 0 Å². The fourth-order valence-corrected chi connectivity index (χ4v) is 1.96. The Bertz CT molecular complexity index is 609. The molecule has 0 saturated heterocycles. The molecule has 20 heavy (non-hydrogen) atoms. The van der Waals surface area contributed by atoms with Crippen molar-refractivity contribution in [3.63, 3.8) is 0 Å². The van der Waals surface area contributed by atoms with E-state index in [1.807, 2.05) is 0 Å². The van der Waals surface area contributed by atoms with Gasteiger partial charge in [0.15, 0.2) is 17.4 Å². The molecule has 0 aliphatic rings. The number of hydrogen-bond acceptors (Lipinski definition) is 1. The highest BCUT2D eigenvalue weighted by Gasteiger charge is 2.13. The lowest BCUT2D eigenvalue weighted by molar-refractivity contribution is 0.273. The molecule has 2 aromatic carbocycles. The highest BCUT2D eigenvalue weighted by molar-refractivity contribution is 6.31. The molecule has 0 atom stereocenters. The average Bonchev–Trinajstić information content (AvgIpc) is 2.41. The Hall–Kier alpha value is -1.39. The Morgan fingerprint density at radius 3 is 2.25 bits per heavy atom. The van der Waals surface area contributed by atoms with E-state index in [9.17, 15) is 13.2 Å². The van der Waals surface area contributed by atoms with Crippen molar-refractivity contribution < 1.29 is 17.9 Å². The first-order valence-corrected chi connectivity index (χ1v) is 6.53. The molecule has 0 saturated carbocycles. The van der Waals surface area contributed by atoms with Crippen LogP contribution < -0.4 is 4.74 Å². The van der Waals surface area contributed by atoms with Crippen LogP contribution in [0, 0.1) is 17.5 Å². The van der Waals surface area contributed by atoms with Crippen molar-refractivity contribution in [2.75, 3.05) is 0 Å². The molecule has 0 radical (unpaired) electrons. The second-order valence-corrected chi connectivity index (χ2v) is 4.72. The molecule has 0 spiro atoms. The number of ether oxygens (including phenoxy) is 1. The molecule has 1 nitrogen and oxygen atoms in total. The minimum atomic E-state index is -0.867. The largest absolute Gasteiger partial charge is 0.483 e. The van der Waals surface area contributed by atoms with Gasteiger partial charge in [-0.1, -0.05) is 11.6 Å². The maximum absolute atomic E-state index is 13.6. The van der Waals surface area contributed by atoms with Gasteiger partial charge in [-0.05, 0) is 35.9 Å². The second kappa shape index (κ2) is 6.37. The van der Waals surface area contributed by atoms with Crippen LogP contribution in [-0.2, 0) is 12.5 Å². The molecule has 0 aliphatic heterocycles. The normalized spacial score (nSPS) is 10.7. The molecule has 0 aliphatic carbocycles. The maximum atomic E-state index is 13.6. The third-order valence-corrected chi connectivity index (χ3v) is 3.27. The Balaban J connectivity index is 2.21. The molecule has 0 N–H and O–H groups in total. The van der Waals surface area contributed by atoms with E-state index in [1.165, 1.54) is 12.1 Å². The molecule has 6 heteroatoms. The van der Waals surface area contributed by atoms with Crippen molar-refractivity contribution in [1.82, 2.24) is 0 Å². The van der Waals surface area contributed by atoms with Gasteiger partial charge in [0, 0.05) is 16.5 Å². The van der Waals surface area contributed by atoms with E-state index in [1.54, 1.807) is 0 Å². The van der Waals surface area contributed by atoms with Crippen LogP contribution in [0.5, 0.6) is 5.75 Å². The van der Waals surface area contributed by atoms with Gasteiger partial charge in [0.1, 0.15) is 12.4 Å². The molecule has 2 rings (SSSR count). The van der Waals surface area contributed by atoms with Gasteiger partial charge >= 0.3 is 0 Å². The number of benzene rings is 2. The van der Waals surface area contributed by atoms with E-state index in [4.69, 9.17) is 27.9 Å². The van der Waals surface area contributed by atoms with Crippen LogP contribution in [0.15, 0.2) is 30.3 Å². The summed E-state index contributed by atoms with van der Waals surface area (Å²) in [5, 5.41) is 0.254. The maximum Gasteiger partial charge on any atom is 0.191 e. The molecule has 0 unspecified atom stereocenters. The standard InChI is InChI=1S/C14H9Cl2F3O/c15-6-8-3-12(18)14(13(19)4-8)20-7-9-5-10(17)1-2-11(9)16/h1-5H,6-7H2. The molecular formula is C14H9Cl2F3O. The highest BCUT2D eigenvalue weighted by Crippen LogP contribution is 2.26. The summed E-state index contributed by atoms with van der Waals surface area (Å²) in [6.45, 7) is -0.245. The summed E-state index contributed by atoms with van der Waals surface area (Å²) in [4.78, 5) is 0. The van der Waals surface area contributed by atoms with Crippen molar-refractivity contribution >= 4 is 23.2 Å². The summed E-state index contributed by atoms with van der Waals surface area (Å²) >= 11 is 11.3. The van der Waals surface area contributed by atoms with Crippen LogP contribution in [0.4, 0.5) is 13.2 Å². The first-order valence-electron chi connectivity index (χ1n) is 5.62. The van der Waals surface area contributed by atoms with Crippen LogP contribution in [0.1, 0.15) is 11.1 Å². The third kappa shape index (κ3) is 3.38. The summed E-state index contributed by atoms with van der Waals surface area (Å²) in [5.74, 6) is -2.80. The molecule has 0 fully saturated rings. The van der Waals surface area contributed by atoms with Gasteiger partial charge in [-0.15, -0.1) is 11.6 Å². The van der Waals surface area contributed by atoms with Gasteiger partial charge in [-0.3, -0.25) is 0 Å². The van der Waals surface area contributed by atoms with Gasteiger partial charge in [0.05, 0.1) is 0 Å². The van der Waals surface area contributed by atoms with E-state index in [-0.39, 0.29) is 17.5 Å². The number of rotatable bonds is 4. The minimum absolute atomic E-state index is 0.0101. The Labute approximate surface area is 123 Å². The smallest absolute Gasteiger partial charge is 0.191 e. The zero-order chi connectivity index (χ0) is 14.7. The monoisotopic (exact) mass is 320 g/mol. The average molecular weight is 321 g/mol. The zero-order valence-corrected chi connectivity index (χ0v) is 11.6. The molecule has 0 heterocycles. The lowest BCUT2D eigenvalue weighted by atomic mass is 10.2. The van der Waals surface area contributed by atoms with Crippen LogP contribution in [-0.4, -0.2) is 0 Å². The van der Waals surface area contributed by atoms with E-state index in [0.717, 1.165) is 18.2 Å². The third-order valence-electron chi connectivity index (χ3n) is 2.59. The first-order chi connectivity index (χ1) is 9.51. The van der Waals surface area contributed by atoms with Crippen molar-refractivity contribution in [2.45, 2.75) is 12.5 Å². The molecule has 106 valence electrons. The summed E-state index contributed by atoms with van der Waals surface area (Å²) < 4.78 is 45.4. The summed E-state index contributed by atoms with van der Waals surface area (Å²) in [6.07, 6.45) is 0. The van der Waals surface area contributed by atoms with Gasteiger partial charge in [-0.2, -0.15) is 0 Å². The summed E-state index contributed by atoms with van der Waals surface area (Å²) in [6, 6.07) is 5.84. The predicted molar refractivity (Wildman–Crippen MR) is 71.7 cm³/mol. The van der Waals surface area contributed by atoms with E-state index >= 15 is 0 Å². The van der Waals surface area contributed by atoms with E-state index in [0.29, 0.717) is 11.1 Å². The highest BCUT2D eigenvalue weighted by atomic mass is 35.5. The lowest BCUT2D eigenvalue weighted by Gasteiger charge is -2.10. The van der Waals surface area contributed by atoms with Gasteiger partial charge in [0.2, 0.25) is 0 Å². The van der Waals surface area contributed by atoms with Crippen molar-refractivity contribution in [2.24, 2.45) is 0 Å². The van der Waals surface area contributed by atoms with Gasteiger partial charge in [-0.25, -0.2) is 13.2 Å². The lowest BCUT2D eigenvalue weighted by Crippen LogP contribution is -2.02. The Kier molecular flexibility index (Phi) is 4.78. The molecule has 0 aromatic heterocycles. The Morgan fingerprint density at radius 2 is 1.65 bits per heavy atom. The predicted octanol–water partition coefficient (Wildman–Crippen LogP) is 5.08. The van der Waals surface area contributed by atoms with Crippen molar-refractivity contribution in [3.05, 3.63) is 63.9 Å². The van der Waals surface area contributed by atoms with Gasteiger partial charge < -0.3 is 4.74 Å². The van der Waals surface area contributed by atoms with E-state index < -0.39 is 23.2 Å². The Morgan fingerprint density at radius 1 is 1.00 bits per heavy atom. The minimum Gasteiger partial charge on any atom is -0.483 e. The summed E-state index contributed by atoms with van der Waals surface area (Å²) in [5.41, 5.74) is 0.602.